The molecule has 1 N–H and O–H groups in total. The van der Waals surface area contributed by atoms with Gasteiger partial charge in [0.2, 0.25) is 0 Å². The van der Waals surface area contributed by atoms with Crippen LogP contribution >= 0.6 is 0 Å². The third-order valence-electron chi connectivity index (χ3n) is 3.18. The molecule has 0 amide bonds. The summed E-state index contributed by atoms with van der Waals surface area (Å²) in [6, 6.07) is 8.11. The van der Waals surface area contributed by atoms with E-state index in [1.54, 1.807) is 0 Å². The Morgan fingerprint density at radius 2 is 2.12 bits per heavy atom. The summed E-state index contributed by atoms with van der Waals surface area (Å²) in [4.78, 5) is 2.27. The predicted octanol–water partition coefficient (Wildman–Crippen LogP) is 1.83. The first-order valence-electron chi connectivity index (χ1n) is 6.34. The van der Waals surface area contributed by atoms with Crippen molar-refractivity contribution in [2.75, 3.05) is 26.2 Å². The Hall–Kier alpha value is -1.06. The molecule has 1 fully saturated rings. The van der Waals surface area contributed by atoms with E-state index in [0.29, 0.717) is 6.61 Å². The first kappa shape index (κ1) is 12.4. The zero-order chi connectivity index (χ0) is 12.1. The van der Waals surface area contributed by atoms with Crippen LogP contribution < -0.4 is 4.74 Å². The number of aliphatic hydroxyl groups excluding tert-OH is 1. The molecule has 1 atom stereocenters. The number of aryl methyl sites for hydroxylation is 1. The molecule has 0 aromatic heterocycles. The number of hydrogen-bond acceptors (Lipinski definition) is 3. The van der Waals surface area contributed by atoms with E-state index < -0.39 is 0 Å². The maximum Gasteiger partial charge on any atom is 0.119 e. The monoisotopic (exact) mass is 235 g/mol. The van der Waals surface area contributed by atoms with Gasteiger partial charge in [0.25, 0.3) is 0 Å². The van der Waals surface area contributed by atoms with Gasteiger partial charge in [0.15, 0.2) is 0 Å². The van der Waals surface area contributed by atoms with Crippen LogP contribution in [0, 0.1) is 6.92 Å². The molecule has 0 saturated carbocycles. The van der Waals surface area contributed by atoms with E-state index in [4.69, 9.17) is 4.74 Å². The maximum absolute atomic E-state index is 9.54. The number of benzene rings is 1. The third-order valence-corrected chi connectivity index (χ3v) is 3.18. The van der Waals surface area contributed by atoms with Gasteiger partial charge in [-0.2, -0.15) is 0 Å². The topological polar surface area (TPSA) is 32.7 Å². The Balaban J connectivity index is 1.70. The van der Waals surface area contributed by atoms with Crippen LogP contribution in [0.4, 0.5) is 0 Å². The number of rotatable bonds is 4. The highest BCUT2D eigenvalue weighted by Crippen LogP contribution is 2.12. The molecule has 1 aliphatic rings. The Bertz CT molecular complexity index is 337. The Morgan fingerprint density at radius 3 is 2.82 bits per heavy atom. The Kier molecular flexibility index (Phi) is 4.40. The van der Waals surface area contributed by atoms with E-state index in [-0.39, 0.29) is 6.10 Å². The number of likely N-dealkylation sites (tertiary alicyclic amines) is 1. The van der Waals surface area contributed by atoms with Crippen molar-refractivity contribution in [3.05, 3.63) is 29.8 Å². The lowest BCUT2D eigenvalue weighted by Gasteiger charge is -2.29. The molecule has 1 aromatic carbocycles. The largest absolute Gasteiger partial charge is 0.492 e. The zero-order valence-corrected chi connectivity index (χ0v) is 10.4. The SMILES string of the molecule is Cc1ccc(OCCN2CCC[C@H](O)C2)cc1. The summed E-state index contributed by atoms with van der Waals surface area (Å²) in [7, 11) is 0. The fraction of sp³-hybridized carbons (Fsp3) is 0.571. The molecule has 0 radical (unpaired) electrons. The summed E-state index contributed by atoms with van der Waals surface area (Å²) >= 11 is 0. The molecular formula is C14H21NO2. The molecule has 0 aliphatic carbocycles. The van der Waals surface area contributed by atoms with Gasteiger partial charge in [0.05, 0.1) is 6.10 Å². The van der Waals surface area contributed by atoms with Crippen molar-refractivity contribution in [2.45, 2.75) is 25.9 Å². The van der Waals surface area contributed by atoms with E-state index >= 15 is 0 Å². The number of aliphatic hydroxyl groups is 1. The highest BCUT2D eigenvalue weighted by atomic mass is 16.5. The first-order valence-corrected chi connectivity index (χ1v) is 6.34. The summed E-state index contributed by atoms with van der Waals surface area (Å²) in [6.07, 6.45) is 1.88. The van der Waals surface area contributed by atoms with Gasteiger partial charge < -0.3 is 9.84 Å². The first-order chi connectivity index (χ1) is 8.24. The fourth-order valence-electron chi connectivity index (χ4n) is 2.16. The molecule has 1 saturated heterocycles. The zero-order valence-electron chi connectivity index (χ0n) is 10.4. The second-order valence-electron chi connectivity index (χ2n) is 4.76. The van der Waals surface area contributed by atoms with E-state index in [0.717, 1.165) is 38.2 Å². The number of piperidine rings is 1. The minimum atomic E-state index is -0.150. The third kappa shape index (κ3) is 4.02. The van der Waals surface area contributed by atoms with E-state index in [2.05, 4.69) is 24.0 Å². The van der Waals surface area contributed by atoms with E-state index in [1.165, 1.54) is 5.56 Å². The van der Waals surface area contributed by atoms with Crippen LogP contribution in [0.5, 0.6) is 5.75 Å². The lowest BCUT2D eigenvalue weighted by molar-refractivity contribution is 0.0633. The fourth-order valence-corrected chi connectivity index (χ4v) is 2.16. The van der Waals surface area contributed by atoms with Gasteiger partial charge in [-0.3, -0.25) is 4.90 Å². The number of hydrogen-bond donors (Lipinski definition) is 1. The van der Waals surface area contributed by atoms with Crippen molar-refractivity contribution < 1.29 is 9.84 Å². The van der Waals surface area contributed by atoms with Gasteiger partial charge in [0.1, 0.15) is 12.4 Å². The Morgan fingerprint density at radius 1 is 1.35 bits per heavy atom. The average Bonchev–Trinajstić information content (AvgIpc) is 2.32. The van der Waals surface area contributed by atoms with Gasteiger partial charge in [-0.15, -0.1) is 0 Å². The van der Waals surface area contributed by atoms with Crippen LogP contribution in [0.25, 0.3) is 0 Å². The van der Waals surface area contributed by atoms with Crippen molar-refractivity contribution in [2.24, 2.45) is 0 Å². The average molecular weight is 235 g/mol. The van der Waals surface area contributed by atoms with Crippen LogP contribution in [0.15, 0.2) is 24.3 Å². The van der Waals surface area contributed by atoms with E-state index in [1.807, 2.05) is 12.1 Å². The molecule has 1 aromatic rings. The second-order valence-corrected chi connectivity index (χ2v) is 4.76. The van der Waals surface area contributed by atoms with Crippen molar-refractivity contribution in [1.29, 1.82) is 0 Å². The number of ether oxygens (including phenoxy) is 1. The van der Waals surface area contributed by atoms with Gasteiger partial charge in [0, 0.05) is 13.1 Å². The molecule has 1 aliphatic heterocycles. The summed E-state index contributed by atoms with van der Waals surface area (Å²) in [6.45, 7) is 5.52. The quantitative estimate of drug-likeness (QED) is 0.864. The molecule has 0 spiro atoms. The molecule has 3 heteroatoms. The van der Waals surface area contributed by atoms with Crippen molar-refractivity contribution >= 4 is 0 Å². The lowest BCUT2D eigenvalue weighted by atomic mass is 10.1. The standard InChI is InChI=1S/C14H21NO2/c1-12-4-6-14(7-5-12)17-10-9-15-8-2-3-13(16)11-15/h4-7,13,16H,2-3,8-11H2,1H3/t13-/m0/s1. The number of β-amino-alcohol motifs (C(OH)–C–C–N with tert-alkyl or cyclic N) is 1. The van der Waals surface area contributed by atoms with Crippen molar-refractivity contribution in [3.8, 4) is 5.75 Å². The van der Waals surface area contributed by atoms with Crippen molar-refractivity contribution in [3.63, 3.8) is 0 Å². The van der Waals surface area contributed by atoms with Crippen LogP contribution in [-0.2, 0) is 0 Å². The molecular weight excluding hydrogens is 214 g/mol. The predicted molar refractivity (Wildman–Crippen MR) is 68.4 cm³/mol. The summed E-state index contributed by atoms with van der Waals surface area (Å²) in [5.41, 5.74) is 1.25. The molecule has 1 heterocycles. The van der Waals surface area contributed by atoms with Gasteiger partial charge in [-0.05, 0) is 38.4 Å². The molecule has 3 nitrogen and oxygen atoms in total. The van der Waals surface area contributed by atoms with E-state index in [9.17, 15) is 5.11 Å². The summed E-state index contributed by atoms with van der Waals surface area (Å²) < 4.78 is 5.68. The molecule has 0 bridgehead atoms. The van der Waals surface area contributed by atoms with Crippen molar-refractivity contribution in [1.82, 2.24) is 4.90 Å². The molecule has 2 rings (SSSR count). The number of nitrogens with zero attached hydrogens (tertiary/aromatic N) is 1. The molecule has 0 unspecified atom stereocenters. The van der Waals surface area contributed by atoms with Crippen LogP contribution in [0.2, 0.25) is 0 Å². The van der Waals surface area contributed by atoms with Crippen LogP contribution in [0.1, 0.15) is 18.4 Å². The maximum atomic E-state index is 9.54. The smallest absolute Gasteiger partial charge is 0.119 e. The summed E-state index contributed by atoms with van der Waals surface area (Å²) in [5, 5.41) is 9.54. The normalized spacial score (nSPS) is 21.4. The highest BCUT2D eigenvalue weighted by molar-refractivity contribution is 5.26. The van der Waals surface area contributed by atoms with Gasteiger partial charge in [-0.25, -0.2) is 0 Å². The van der Waals surface area contributed by atoms with Gasteiger partial charge >= 0.3 is 0 Å². The highest BCUT2D eigenvalue weighted by Gasteiger charge is 2.16. The van der Waals surface area contributed by atoms with Gasteiger partial charge in [-0.1, -0.05) is 17.7 Å². The minimum absolute atomic E-state index is 0.150. The minimum Gasteiger partial charge on any atom is -0.492 e. The molecule has 17 heavy (non-hydrogen) atoms. The summed E-state index contributed by atoms with van der Waals surface area (Å²) in [5.74, 6) is 0.924. The second kappa shape index (κ2) is 6.03. The lowest BCUT2D eigenvalue weighted by Crippen LogP contribution is -2.40. The van der Waals surface area contributed by atoms with Crippen LogP contribution in [-0.4, -0.2) is 42.4 Å². The van der Waals surface area contributed by atoms with Crippen LogP contribution in [0.3, 0.4) is 0 Å². The Labute approximate surface area is 103 Å². The molecule has 94 valence electrons.